The van der Waals surface area contributed by atoms with E-state index in [0.29, 0.717) is 6.07 Å². The molecule has 90 valence electrons. The topological polar surface area (TPSA) is 54.4 Å². The standard InChI is InChI=1S/C8H6ClF3O3S/c9-16(14,15)2-1-4-3-5(10)6(11)7(12)8(4)13/h3,13H,1-2H2. The van der Waals surface area contributed by atoms with E-state index in [4.69, 9.17) is 15.8 Å². The number of aryl methyl sites for hydroxylation is 1. The molecule has 0 saturated carbocycles. The Hall–Kier alpha value is -0.950. The molecule has 0 aliphatic carbocycles. The van der Waals surface area contributed by atoms with Crippen LogP contribution >= 0.6 is 10.7 Å². The Bertz CT molecular complexity index is 516. The maximum atomic E-state index is 12.8. The Morgan fingerprint density at radius 1 is 1.25 bits per heavy atom. The summed E-state index contributed by atoms with van der Waals surface area (Å²) in [6.07, 6.45) is -0.411. The van der Waals surface area contributed by atoms with Crippen molar-refractivity contribution in [1.82, 2.24) is 0 Å². The molecule has 0 amide bonds. The van der Waals surface area contributed by atoms with E-state index in [1.54, 1.807) is 0 Å². The fourth-order valence-electron chi connectivity index (χ4n) is 1.06. The monoisotopic (exact) mass is 274 g/mol. The number of aromatic hydroxyl groups is 1. The molecule has 3 nitrogen and oxygen atoms in total. The summed E-state index contributed by atoms with van der Waals surface area (Å²) in [7, 11) is 1.02. The Kier molecular flexibility index (Phi) is 3.69. The van der Waals surface area contributed by atoms with E-state index in [-0.39, 0.29) is 5.56 Å². The van der Waals surface area contributed by atoms with Crippen LogP contribution in [0.2, 0.25) is 0 Å². The number of phenolic OH excluding ortho intramolecular Hbond substituents is 1. The Morgan fingerprint density at radius 3 is 2.31 bits per heavy atom. The highest BCUT2D eigenvalue weighted by Gasteiger charge is 2.19. The van der Waals surface area contributed by atoms with Gasteiger partial charge in [-0.1, -0.05) is 0 Å². The molecule has 0 heterocycles. The molecule has 0 atom stereocenters. The van der Waals surface area contributed by atoms with Crippen molar-refractivity contribution in [1.29, 1.82) is 0 Å². The third-order valence-corrected chi connectivity index (χ3v) is 2.99. The van der Waals surface area contributed by atoms with Gasteiger partial charge in [-0.25, -0.2) is 17.2 Å². The lowest BCUT2D eigenvalue weighted by Gasteiger charge is -2.05. The van der Waals surface area contributed by atoms with E-state index >= 15 is 0 Å². The van der Waals surface area contributed by atoms with Crippen molar-refractivity contribution in [2.75, 3.05) is 5.75 Å². The van der Waals surface area contributed by atoms with Gasteiger partial charge in [0.1, 0.15) is 0 Å². The lowest BCUT2D eigenvalue weighted by Crippen LogP contribution is -2.04. The van der Waals surface area contributed by atoms with Crippen LogP contribution in [0.4, 0.5) is 13.2 Å². The van der Waals surface area contributed by atoms with Crippen LogP contribution < -0.4 is 0 Å². The largest absolute Gasteiger partial charge is 0.505 e. The predicted molar refractivity (Wildman–Crippen MR) is 51.3 cm³/mol. The molecule has 1 aromatic rings. The summed E-state index contributed by atoms with van der Waals surface area (Å²) < 4.78 is 59.3. The average Bonchev–Trinajstić information content (AvgIpc) is 2.17. The van der Waals surface area contributed by atoms with Crippen molar-refractivity contribution in [2.45, 2.75) is 6.42 Å². The Labute approximate surface area is 93.9 Å². The number of benzene rings is 1. The second kappa shape index (κ2) is 4.50. The Morgan fingerprint density at radius 2 is 1.81 bits per heavy atom. The average molecular weight is 275 g/mol. The molecule has 0 aliphatic rings. The SMILES string of the molecule is O=S(=O)(Cl)CCc1cc(F)c(F)c(F)c1O. The molecular formula is C8H6ClF3O3S. The third-order valence-electron chi connectivity index (χ3n) is 1.83. The molecule has 0 spiro atoms. The molecule has 0 radical (unpaired) electrons. The smallest absolute Gasteiger partial charge is 0.232 e. The summed E-state index contributed by atoms with van der Waals surface area (Å²) in [6, 6.07) is 0.524. The molecule has 1 aromatic carbocycles. The van der Waals surface area contributed by atoms with Crippen LogP contribution in [0.5, 0.6) is 5.75 Å². The van der Waals surface area contributed by atoms with Gasteiger partial charge < -0.3 is 5.11 Å². The first kappa shape index (κ1) is 13.1. The second-order valence-electron chi connectivity index (χ2n) is 2.99. The van der Waals surface area contributed by atoms with Gasteiger partial charge in [-0.2, -0.15) is 4.39 Å². The van der Waals surface area contributed by atoms with Gasteiger partial charge in [0.25, 0.3) is 0 Å². The molecule has 1 rings (SSSR count). The number of hydrogen-bond acceptors (Lipinski definition) is 3. The molecule has 0 fully saturated rings. The van der Waals surface area contributed by atoms with Gasteiger partial charge >= 0.3 is 0 Å². The summed E-state index contributed by atoms with van der Waals surface area (Å²) in [5, 5.41) is 9.08. The van der Waals surface area contributed by atoms with Crippen molar-refractivity contribution < 1.29 is 26.7 Å². The summed E-state index contributed by atoms with van der Waals surface area (Å²) >= 11 is 0. The normalized spacial score (nSPS) is 11.8. The number of hydrogen-bond donors (Lipinski definition) is 1. The minimum Gasteiger partial charge on any atom is -0.505 e. The second-order valence-corrected chi connectivity index (χ2v) is 5.88. The zero-order valence-electron chi connectivity index (χ0n) is 7.68. The Balaban J connectivity index is 3.07. The van der Waals surface area contributed by atoms with E-state index in [0.717, 1.165) is 0 Å². The number of halogens is 4. The minimum atomic E-state index is -3.85. The zero-order chi connectivity index (χ0) is 12.5. The number of rotatable bonds is 3. The summed E-state index contributed by atoms with van der Waals surface area (Å²) in [6.45, 7) is 0. The highest BCUT2D eigenvalue weighted by Crippen LogP contribution is 2.26. The highest BCUT2D eigenvalue weighted by molar-refractivity contribution is 8.13. The fraction of sp³-hybridized carbons (Fsp3) is 0.250. The molecule has 0 unspecified atom stereocenters. The molecule has 0 saturated heterocycles. The fourth-order valence-corrected chi connectivity index (χ4v) is 1.75. The van der Waals surface area contributed by atoms with Crippen LogP contribution in [0.1, 0.15) is 5.56 Å². The van der Waals surface area contributed by atoms with E-state index < -0.39 is 44.4 Å². The van der Waals surface area contributed by atoms with Gasteiger partial charge in [0.2, 0.25) is 14.9 Å². The summed E-state index contributed by atoms with van der Waals surface area (Å²) in [5.74, 6) is -6.79. The van der Waals surface area contributed by atoms with E-state index in [9.17, 15) is 21.6 Å². The lowest BCUT2D eigenvalue weighted by molar-refractivity contribution is 0.382. The lowest BCUT2D eigenvalue weighted by atomic mass is 10.1. The molecule has 8 heteroatoms. The van der Waals surface area contributed by atoms with Gasteiger partial charge in [-0.15, -0.1) is 0 Å². The van der Waals surface area contributed by atoms with E-state index in [1.165, 1.54) is 0 Å². The molecule has 1 N–H and O–H groups in total. The van der Waals surface area contributed by atoms with Crippen LogP contribution in [-0.2, 0) is 15.5 Å². The minimum absolute atomic E-state index is 0.361. The maximum Gasteiger partial charge on any atom is 0.232 e. The van der Waals surface area contributed by atoms with E-state index in [1.807, 2.05) is 0 Å². The van der Waals surface area contributed by atoms with Crippen LogP contribution in [0, 0.1) is 17.5 Å². The first-order chi connectivity index (χ1) is 7.22. The first-order valence-electron chi connectivity index (χ1n) is 4.00. The van der Waals surface area contributed by atoms with Gasteiger partial charge in [0.15, 0.2) is 17.4 Å². The maximum absolute atomic E-state index is 12.8. The summed E-state index contributed by atoms with van der Waals surface area (Å²) in [5.41, 5.74) is -0.361. The molecule has 16 heavy (non-hydrogen) atoms. The predicted octanol–water partition coefficient (Wildman–Crippen LogP) is 1.92. The van der Waals surface area contributed by atoms with Gasteiger partial charge in [0.05, 0.1) is 5.75 Å². The van der Waals surface area contributed by atoms with Crippen LogP contribution in [-0.4, -0.2) is 19.3 Å². The van der Waals surface area contributed by atoms with Crippen LogP contribution in [0.3, 0.4) is 0 Å². The van der Waals surface area contributed by atoms with Crippen LogP contribution in [0.25, 0.3) is 0 Å². The highest BCUT2D eigenvalue weighted by atomic mass is 35.7. The van der Waals surface area contributed by atoms with E-state index in [2.05, 4.69) is 0 Å². The van der Waals surface area contributed by atoms with Crippen molar-refractivity contribution in [2.24, 2.45) is 0 Å². The molecule has 0 bridgehead atoms. The van der Waals surface area contributed by atoms with Crippen molar-refractivity contribution in [3.8, 4) is 5.75 Å². The quantitative estimate of drug-likeness (QED) is 0.677. The van der Waals surface area contributed by atoms with Gasteiger partial charge in [-0.3, -0.25) is 0 Å². The van der Waals surface area contributed by atoms with Gasteiger partial charge in [0, 0.05) is 16.2 Å². The zero-order valence-corrected chi connectivity index (χ0v) is 9.25. The van der Waals surface area contributed by atoms with Gasteiger partial charge in [-0.05, 0) is 12.5 Å². The van der Waals surface area contributed by atoms with Crippen molar-refractivity contribution in [3.05, 3.63) is 29.1 Å². The van der Waals surface area contributed by atoms with Crippen molar-refractivity contribution >= 4 is 19.7 Å². The first-order valence-corrected chi connectivity index (χ1v) is 6.48. The summed E-state index contributed by atoms with van der Waals surface area (Å²) in [4.78, 5) is 0. The molecule has 0 aromatic heterocycles. The molecular weight excluding hydrogens is 269 g/mol. The third kappa shape index (κ3) is 3.02. The number of phenols is 1. The molecule has 0 aliphatic heterocycles. The van der Waals surface area contributed by atoms with Crippen molar-refractivity contribution in [3.63, 3.8) is 0 Å². The van der Waals surface area contributed by atoms with Crippen LogP contribution in [0.15, 0.2) is 6.07 Å².